The van der Waals surface area contributed by atoms with Gasteiger partial charge in [-0.15, -0.1) is 0 Å². The van der Waals surface area contributed by atoms with E-state index in [1.165, 1.54) is 96.3 Å². The average molecular weight is 481 g/mol. The molecule has 0 aliphatic heterocycles. The van der Waals surface area contributed by atoms with E-state index in [1.54, 1.807) is 19.3 Å². The van der Waals surface area contributed by atoms with Gasteiger partial charge in [0.2, 0.25) is 0 Å². The fraction of sp³-hybridized carbons (Fsp3) is 1.00. The van der Waals surface area contributed by atoms with Crippen molar-refractivity contribution in [2.45, 2.75) is 148 Å². The standard InChI is InChI=1S/C31H60O3/c1-3-5-7-8-12-16-20-33-25-31(32)26-34-21-17-13-10-9-11-15-19-28-23-30(28)24-29-22-27(29)18-14-6-4-2/h27-32H,3-26H2,1-2H3/t27-,28+,29-,30+,31+/m1/s1. The van der Waals surface area contributed by atoms with Gasteiger partial charge in [-0.25, -0.2) is 0 Å². The highest BCUT2D eigenvalue weighted by molar-refractivity contribution is 4.94. The minimum atomic E-state index is -0.474. The summed E-state index contributed by atoms with van der Waals surface area (Å²) in [6.45, 7) is 6.94. The van der Waals surface area contributed by atoms with Crippen LogP contribution in [0.15, 0.2) is 0 Å². The highest BCUT2D eigenvalue weighted by Crippen LogP contribution is 2.54. The summed E-state index contributed by atoms with van der Waals surface area (Å²) in [5.74, 6) is 4.43. The Morgan fingerprint density at radius 3 is 1.50 bits per heavy atom. The Morgan fingerprint density at radius 1 is 0.559 bits per heavy atom. The maximum Gasteiger partial charge on any atom is 0.101 e. The second-order valence-electron chi connectivity index (χ2n) is 11.7. The third-order valence-corrected chi connectivity index (χ3v) is 8.30. The topological polar surface area (TPSA) is 38.7 Å². The minimum Gasteiger partial charge on any atom is -0.388 e. The third-order valence-electron chi connectivity index (χ3n) is 8.30. The largest absolute Gasteiger partial charge is 0.388 e. The molecule has 5 atom stereocenters. The molecule has 0 heterocycles. The monoisotopic (exact) mass is 480 g/mol. The fourth-order valence-corrected chi connectivity index (χ4v) is 5.74. The predicted octanol–water partition coefficient (Wildman–Crippen LogP) is 8.71. The molecule has 202 valence electrons. The van der Waals surface area contributed by atoms with Crippen molar-refractivity contribution < 1.29 is 14.6 Å². The van der Waals surface area contributed by atoms with Crippen LogP contribution in [0.3, 0.4) is 0 Å². The summed E-state index contributed by atoms with van der Waals surface area (Å²) in [7, 11) is 0. The normalized spacial score (nSPS) is 24.4. The minimum absolute atomic E-state index is 0.414. The molecule has 0 spiro atoms. The van der Waals surface area contributed by atoms with Crippen molar-refractivity contribution in [1.82, 2.24) is 0 Å². The molecule has 2 aliphatic rings. The van der Waals surface area contributed by atoms with Gasteiger partial charge in [-0.2, -0.15) is 0 Å². The van der Waals surface area contributed by atoms with Gasteiger partial charge in [0, 0.05) is 13.2 Å². The Bertz CT molecular complexity index is 454. The van der Waals surface area contributed by atoms with Crippen LogP contribution in [0.2, 0.25) is 0 Å². The van der Waals surface area contributed by atoms with E-state index in [0.717, 1.165) is 49.7 Å². The highest BCUT2D eigenvalue weighted by atomic mass is 16.5. The Balaban J connectivity index is 1.24. The van der Waals surface area contributed by atoms with Crippen molar-refractivity contribution in [3.63, 3.8) is 0 Å². The molecular formula is C31H60O3. The first-order chi connectivity index (χ1) is 16.7. The lowest BCUT2D eigenvalue weighted by molar-refractivity contribution is -0.0201. The molecular weight excluding hydrogens is 420 g/mol. The maximum atomic E-state index is 9.95. The van der Waals surface area contributed by atoms with Crippen LogP contribution >= 0.6 is 0 Å². The zero-order valence-corrected chi connectivity index (χ0v) is 23.1. The van der Waals surface area contributed by atoms with Crippen LogP contribution < -0.4 is 0 Å². The Labute approximate surface area is 213 Å². The summed E-state index contributed by atoms with van der Waals surface area (Å²) in [5.41, 5.74) is 0. The quantitative estimate of drug-likeness (QED) is 0.126. The fourth-order valence-electron chi connectivity index (χ4n) is 5.74. The molecule has 1 N–H and O–H groups in total. The molecule has 0 aromatic rings. The Morgan fingerprint density at radius 2 is 0.971 bits per heavy atom. The first kappa shape index (κ1) is 30.1. The summed E-state index contributed by atoms with van der Waals surface area (Å²) >= 11 is 0. The molecule has 0 unspecified atom stereocenters. The van der Waals surface area contributed by atoms with Gasteiger partial charge in [0.1, 0.15) is 6.10 Å². The number of aliphatic hydroxyl groups is 1. The zero-order chi connectivity index (χ0) is 24.3. The van der Waals surface area contributed by atoms with Crippen LogP contribution in [0, 0.1) is 23.7 Å². The maximum absolute atomic E-state index is 9.95. The number of ether oxygens (including phenoxy) is 2. The van der Waals surface area contributed by atoms with Gasteiger partial charge in [-0.3, -0.25) is 0 Å². The van der Waals surface area contributed by atoms with Gasteiger partial charge >= 0.3 is 0 Å². The molecule has 34 heavy (non-hydrogen) atoms. The van der Waals surface area contributed by atoms with E-state index >= 15 is 0 Å². The van der Waals surface area contributed by atoms with E-state index in [1.807, 2.05) is 0 Å². The van der Waals surface area contributed by atoms with Gasteiger partial charge in [-0.05, 0) is 55.8 Å². The first-order valence-corrected chi connectivity index (χ1v) is 15.6. The van der Waals surface area contributed by atoms with Crippen molar-refractivity contribution in [3.05, 3.63) is 0 Å². The number of unbranched alkanes of at least 4 members (excludes halogenated alkanes) is 12. The van der Waals surface area contributed by atoms with E-state index < -0.39 is 6.10 Å². The zero-order valence-electron chi connectivity index (χ0n) is 23.1. The van der Waals surface area contributed by atoms with Crippen molar-refractivity contribution in [2.24, 2.45) is 23.7 Å². The molecule has 0 aromatic carbocycles. The Hall–Kier alpha value is -0.120. The second-order valence-corrected chi connectivity index (χ2v) is 11.7. The van der Waals surface area contributed by atoms with Crippen LogP contribution in [0.25, 0.3) is 0 Å². The van der Waals surface area contributed by atoms with Crippen LogP contribution in [0.4, 0.5) is 0 Å². The molecule has 0 saturated heterocycles. The molecule has 2 rings (SSSR count). The molecule has 0 aromatic heterocycles. The van der Waals surface area contributed by atoms with Gasteiger partial charge in [0.15, 0.2) is 0 Å². The number of hydrogen-bond donors (Lipinski definition) is 1. The van der Waals surface area contributed by atoms with E-state index in [4.69, 9.17) is 9.47 Å². The van der Waals surface area contributed by atoms with Gasteiger partial charge in [-0.1, -0.05) is 110 Å². The second kappa shape index (κ2) is 20.0. The molecule has 2 fully saturated rings. The van der Waals surface area contributed by atoms with E-state index in [9.17, 15) is 5.11 Å². The molecule has 3 nitrogen and oxygen atoms in total. The summed E-state index contributed by atoms with van der Waals surface area (Å²) < 4.78 is 11.2. The number of rotatable bonds is 26. The van der Waals surface area contributed by atoms with Gasteiger partial charge in [0.05, 0.1) is 13.2 Å². The first-order valence-electron chi connectivity index (χ1n) is 15.6. The molecule has 0 radical (unpaired) electrons. The smallest absolute Gasteiger partial charge is 0.101 e. The lowest BCUT2D eigenvalue weighted by atomic mass is 10.0. The van der Waals surface area contributed by atoms with Gasteiger partial charge in [0.25, 0.3) is 0 Å². The van der Waals surface area contributed by atoms with Crippen LogP contribution in [0.5, 0.6) is 0 Å². The summed E-state index contributed by atoms with van der Waals surface area (Å²) in [6, 6.07) is 0. The number of aliphatic hydroxyl groups excluding tert-OH is 1. The lowest BCUT2D eigenvalue weighted by Crippen LogP contribution is -2.22. The highest BCUT2D eigenvalue weighted by Gasteiger charge is 2.44. The summed E-state index contributed by atoms with van der Waals surface area (Å²) in [6.07, 6.45) is 27.1. The van der Waals surface area contributed by atoms with Crippen molar-refractivity contribution in [2.75, 3.05) is 26.4 Å². The van der Waals surface area contributed by atoms with E-state index in [2.05, 4.69) is 13.8 Å². The van der Waals surface area contributed by atoms with E-state index in [0.29, 0.717) is 13.2 Å². The van der Waals surface area contributed by atoms with Crippen molar-refractivity contribution >= 4 is 0 Å². The Kier molecular flexibility index (Phi) is 17.7. The molecule has 3 heteroatoms. The third kappa shape index (κ3) is 15.8. The van der Waals surface area contributed by atoms with Gasteiger partial charge < -0.3 is 14.6 Å². The summed E-state index contributed by atoms with van der Waals surface area (Å²) in [5, 5.41) is 9.95. The molecule has 0 amide bonds. The summed E-state index contributed by atoms with van der Waals surface area (Å²) in [4.78, 5) is 0. The number of hydrogen-bond acceptors (Lipinski definition) is 3. The van der Waals surface area contributed by atoms with E-state index in [-0.39, 0.29) is 0 Å². The SMILES string of the molecule is CCCCCCCCOC[C@H](O)COCCCCCCCC[C@H]1C[C@H]1C[C@H]1C[C@H]1CCCCC. The van der Waals surface area contributed by atoms with Crippen molar-refractivity contribution in [1.29, 1.82) is 0 Å². The predicted molar refractivity (Wildman–Crippen MR) is 145 cm³/mol. The molecule has 2 aliphatic carbocycles. The van der Waals surface area contributed by atoms with Crippen molar-refractivity contribution in [3.8, 4) is 0 Å². The lowest BCUT2D eigenvalue weighted by Gasteiger charge is -2.12. The molecule has 2 saturated carbocycles. The molecule has 0 bridgehead atoms. The van der Waals surface area contributed by atoms with Crippen LogP contribution in [-0.4, -0.2) is 37.6 Å². The van der Waals surface area contributed by atoms with Crippen LogP contribution in [-0.2, 0) is 9.47 Å². The van der Waals surface area contributed by atoms with Crippen LogP contribution in [0.1, 0.15) is 142 Å². The average Bonchev–Trinajstić information content (AvgIpc) is 3.75.